The van der Waals surface area contributed by atoms with Crippen molar-refractivity contribution in [1.82, 2.24) is 36.8 Å². The number of hydrogen-bond acceptors (Lipinski definition) is 12. The van der Waals surface area contributed by atoms with Crippen LogP contribution < -0.4 is 49.1 Å². The number of nitrogens with one attached hydrogen (secondary N) is 6. The largest absolute Gasteiger partial charge is 0.508 e. The van der Waals surface area contributed by atoms with Crippen LogP contribution in [-0.4, -0.2) is 141 Å². The summed E-state index contributed by atoms with van der Waals surface area (Å²) < 4.78 is 0. The van der Waals surface area contributed by atoms with Crippen molar-refractivity contribution < 1.29 is 58.5 Å². The SMILES string of the molecule is CC[C@H](C)[C@H](NC(=O)[C@H](Cc1ccc(O)cc1)NC(=O)[C@H](C)NC(=O)[C@H](CCCN=C(N)N)NC(=O)[C@@H](N)CC(=O)O)C(=O)N[C@@H](Cc1ccccc1)C(=O)N1CCC[C@H]1C(=O)N[C@@H](Cc1ccccc1)C(=O)O. The number of aliphatic carboxylic acids is 2. The molecule has 74 heavy (non-hydrogen) atoms. The minimum Gasteiger partial charge on any atom is -0.508 e. The average Bonchev–Trinajstić information content (AvgIpc) is 3.86. The van der Waals surface area contributed by atoms with Crippen LogP contribution in [0.4, 0.5) is 0 Å². The summed E-state index contributed by atoms with van der Waals surface area (Å²) in [5.74, 6) is -8.92. The molecule has 0 spiro atoms. The third-order valence-corrected chi connectivity index (χ3v) is 12.5. The lowest BCUT2D eigenvalue weighted by Gasteiger charge is -2.32. The van der Waals surface area contributed by atoms with Gasteiger partial charge in [0.2, 0.25) is 41.4 Å². The molecule has 400 valence electrons. The van der Waals surface area contributed by atoms with Gasteiger partial charge in [0.15, 0.2) is 5.96 Å². The molecular formula is C51H69N11O12. The zero-order chi connectivity index (χ0) is 54.5. The Morgan fingerprint density at radius 2 is 1.20 bits per heavy atom. The van der Waals surface area contributed by atoms with Gasteiger partial charge in [0.1, 0.15) is 48.0 Å². The van der Waals surface area contributed by atoms with Crippen molar-refractivity contribution in [3.63, 3.8) is 0 Å². The van der Waals surface area contributed by atoms with Crippen molar-refractivity contribution in [2.45, 2.75) is 127 Å². The minimum atomic E-state index is -1.50. The average molecular weight is 1030 g/mol. The highest BCUT2D eigenvalue weighted by molar-refractivity contribution is 5.98. The molecular weight excluding hydrogens is 959 g/mol. The maximum Gasteiger partial charge on any atom is 0.326 e. The fourth-order valence-electron chi connectivity index (χ4n) is 8.17. The zero-order valence-electron chi connectivity index (χ0n) is 41.7. The van der Waals surface area contributed by atoms with Gasteiger partial charge < -0.3 is 69.3 Å². The summed E-state index contributed by atoms with van der Waals surface area (Å²) in [6.45, 7) is 5.03. The highest BCUT2D eigenvalue weighted by Crippen LogP contribution is 2.21. The molecule has 0 unspecified atom stereocenters. The highest BCUT2D eigenvalue weighted by atomic mass is 16.4. The second-order valence-corrected chi connectivity index (χ2v) is 18.3. The molecule has 7 amide bonds. The van der Waals surface area contributed by atoms with Crippen LogP contribution in [0.5, 0.6) is 5.75 Å². The lowest BCUT2D eigenvalue weighted by molar-refractivity contribution is -0.145. The van der Waals surface area contributed by atoms with Crippen molar-refractivity contribution in [3.05, 3.63) is 102 Å². The van der Waals surface area contributed by atoms with E-state index in [2.05, 4.69) is 36.9 Å². The molecule has 1 fully saturated rings. The van der Waals surface area contributed by atoms with Crippen LogP contribution in [0.15, 0.2) is 89.9 Å². The number of carbonyl (C=O) groups excluding carboxylic acids is 7. The third-order valence-electron chi connectivity index (χ3n) is 12.5. The van der Waals surface area contributed by atoms with E-state index in [0.717, 1.165) is 0 Å². The van der Waals surface area contributed by atoms with Crippen LogP contribution in [-0.2, 0) is 62.4 Å². The van der Waals surface area contributed by atoms with Gasteiger partial charge in [-0.15, -0.1) is 0 Å². The molecule has 0 aromatic heterocycles. The fourth-order valence-corrected chi connectivity index (χ4v) is 8.17. The number of benzene rings is 3. The summed E-state index contributed by atoms with van der Waals surface area (Å²) in [4.78, 5) is 126. The number of likely N-dealkylation sites (tertiary alicyclic amines) is 1. The summed E-state index contributed by atoms with van der Waals surface area (Å²) in [5.41, 5.74) is 18.4. The number of nitrogens with two attached hydrogens (primary N) is 3. The van der Waals surface area contributed by atoms with E-state index in [4.69, 9.17) is 22.3 Å². The number of phenolic OH excluding ortho intramolecular Hbond substituents is 1. The van der Waals surface area contributed by atoms with Crippen LogP contribution in [0, 0.1) is 5.92 Å². The molecule has 15 N–H and O–H groups in total. The molecule has 1 saturated heterocycles. The van der Waals surface area contributed by atoms with Gasteiger partial charge in [-0.2, -0.15) is 0 Å². The van der Waals surface area contributed by atoms with Gasteiger partial charge in [-0.05, 0) is 67.3 Å². The van der Waals surface area contributed by atoms with Crippen molar-refractivity contribution >= 4 is 59.2 Å². The lowest BCUT2D eigenvalue weighted by Crippen LogP contribution is -2.61. The zero-order valence-corrected chi connectivity index (χ0v) is 41.7. The van der Waals surface area contributed by atoms with E-state index >= 15 is 0 Å². The maximum atomic E-state index is 14.6. The molecule has 9 atom stereocenters. The van der Waals surface area contributed by atoms with Crippen LogP contribution in [0.3, 0.4) is 0 Å². The Morgan fingerprint density at radius 3 is 1.77 bits per heavy atom. The number of carbonyl (C=O) groups is 9. The first-order chi connectivity index (χ1) is 35.2. The molecule has 1 aliphatic rings. The predicted octanol–water partition coefficient (Wildman–Crippen LogP) is -0.674. The Hall–Kier alpha value is -8.08. The molecule has 23 nitrogen and oxygen atoms in total. The molecule has 0 bridgehead atoms. The van der Waals surface area contributed by atoms with Crippen molar-refractivity contribution in [3.8, 4) is 5.75 Å². The van der Waals surface area contributed by atoms with Crippen molar-refractivity contribution in [1.29, 1.82) is 0 Å². The molecule has 23 heteroatoms. The van der Waals surface area contributed by atoms with E-state index in [1.807, 2.05) is 0 Å². The smallest absolute Gasteiger partial charge is 0.326 e. The number of hydrogen-bond donors (Lipinski definition) is 12. The van der Waals surface area contributed by atoms with Crippen LogP contribution in [0.25, 0.3) is 0 Å². The van der Waals surface area contributed by atoms with Gasteiger partial charge in [0, 0.05) is 32.4 Å². The van der Waals surface area contributed by atoms with E-state index in [1.54, 1.807) is 74.5 Å². The summed E-state index contributed by atoms with van der Waals surface area (Å²) in [5, 5.41) is 44.8. The lowest BCUT2D eigenvalue weighted by atomic mass is 9.96. The molecule has 3 aromatic carbocycles. The molecule has 0 radical (unpaired) electrons. The number of aromatic hydroxyl groups is 1. The molecule has 4 rings (SSSR count). The Kier molecular flexibility index (Phi) is 22.8. The summed E-state index contributed by atoms with van der Waals surface area (Å²) in [6.07, 6.45) is 0.250. The second-order valence-electron chi connectivity index (χ2n) is 18.3. The van der Waals surface area contributed by atoms with Gasteiger partial charge in [-0.3, -0.25) is 43.3 Å². The van der Waals surface area contributed by atoms with Crippen molar-refractivity contribution in [2.75, 3.05) is 13.1 Å². The van der Waals surface area contributed by atoms with Crippen LogP contribution in [0.2, 0.25) is 0 Å². The van der Waals surface area contributed by atoms with E-state index in [0.29, 0.717) is 29.5 Å². The normalized spacial score (nSPS) is 16.3. The first-order valence-electron chi connectivity index (χ1n) is 24.4. The highest BCUT2D eigenvalue weighted by Gasteiger charge is 2.40. The number of aliphatic imine (C=N–C) groups is 1. The number of rotatable bonds is 28. The van der Waals surface area contributed by atoms with Gasteiger partial charge in [-0.1, -0.05) is 93.1 Å². The number of phenols is 1. The monoisotopic (exact) mass is 1030 g/mol. The number of amides is 7. The molecule has 0 aliphatic carbocycles. The fraction of sp³-hybridized carbons (Fsp3) is 0.451. The minimum absolute atomic E-state index is 0.00672. The number of carboxylic acid groups (broad SMARTS) is 2. The van der Waals surface area contributed by atoms with Crippen molar-refractivity contribution in [2.24, 2.45) is 28.1 Å². The Labute approximate surface area is 428 Å². The predicted molar refractivity (Wildman–Crippen MR) is 271 cm³/mol. The Balaban J connectivity index is 1.56. The van der Waals surface area contributed by atoms with Gasteiger partial charge in [0.05, 0.1) is 12.5 Å². The summed E-state index contributed by atoms with van der Waals surface area (Å²) in [6, 6.07) is 12.9. The Morgan fingerprint density at radius 1 is 0.662 bits per heavy atom. The van der Waals surface area contributed by atoms with Crippen LogP contribution >= 0.6 is 0 Å². The maximum absolute atomic E-state index is 14.6. The van der Waals surface area contributed by atoms with Gasteiger partial charge in [0.25, 0.3) is 0 Å². The number of guanidine groups is 1. The first kappa shape index (κ1) is 58.5. The standard InChI is InChI=1S/C51H69N11O12/c1-4-29(2)42(48(71)59-38(26-31-13-7-5-8-14-31)49(72)62-24-12-18-40(62)47(70)60-39(50(73)74)27-32-15-9-6-10-16-32)61-46(69)37(25-33-19-21-34(63)22-20-33)58-43(66)30(3)56-45(68)36(17-11-23-55-51(53)54)57-44(67)35(52)28-41(64)65/h5-10,13-16,19-22,29-30,35-40,42,63H,4,11-12,17-18,23-28,52H2,1-3H3,(H,56,68)(H,57,67)(H,58,66)(H,59,71)(H,60,70)(H,61,69)(H,64,65)(H,73,74)(H4,53,54,55)/t29-,30-,35-,36-,37-,38-,39-,40-,42-/m0/s1. The summed E-state index contributed by atoms with van der Waals surface area (Å²) >= 11 is 0. The van der Waals surface area contributed by atoms with Crippen LogP contribution in [0.1, 0.15) is 76.0 Å². The second kappa shape index (κ2) is 28.8. The number of carboxylic acids is 2. The van der Waals surface area contributed by atoms with Gasteiger partial charge in [-0.25, -0.2) is 4.79 Å². The van der Waals surface area contributed by atoms with E-state index in [9.17, 15) is 53.4 Å². The topological polar surface area (TPSA) is 380 Å². The quantitative estimate of drug-likeness (QED) is 0.0244. The molecule has 1 heterocycles. The third kappa shape index (κ3) is 18.5. The number of nitrogens with zero attached hydrogens (tertiary/aromatic N) is 2. The van der Waals surface area contributed by atoms with E-state index in [1.165, 1.54) is 36.1 Å². The molecule has 0 saturated carbocycles. The first-order valence-corrected chi connectivity index (χ1v) is 24.4. The van der Waals surface area contributed by atoms with E-state index < -0.39 is 114 Å². The molecule has 1 aliphatic heterocycles. The molecule has 3 aromatic rings. The van der Waals surface area contributed by atoms with Gasteiger partial charge >= 0.3 is 11.9 Å². The summed E-state index contributed by atoms with van der Waals surface area (Å²) in [7, 11) is 0. The van der Waals surface area contributed by atoms with E-state index in [-0.39, 0.29) is 63.3 Å². The Bertz CT molecular complexity index is 2440.